The van der Waals surface area contributed by atoms with Gasteiger partial charge in [0.05, 0.1) is 5.56 Å². The standard InChI is InChI=1S/C14H11FO/c1-10-7-12(9-16)14(15)8-13(10)11-5-3-2-4-6-11/h2-9H,1H3. The molecule has 0 spiro atoms. The monoisotopic (exact) mass is 214 g/mol. The third-order valence-electron chi connectivity index (χ3n) is 2.56. The van der Waals surface area contributed by atoms with Gasteiger partial charge >= 0.3 is 0 Å². The van der Waals surface area contributed by atoms with Gasteiger partial charge in [-0.2, -0.15) is 0 Å². The van der Waals surface area contributed by atoms with Gasteiger partial charge in [-0.05, 0) is 35.7 Å². The van der Waals surface area contributed by atoms with Crippen LogP contribution in [-0.2, 0) is 0 Å². The molecule has 0 aromatic heterocycles. The maximum atomic E-state index is 13.5. The van der Waals surface area contributed by atoms with Crippen LogP contribution in [0.25, 0.3) is 11.1 Å². The highest BCUT2D eigenvalue weighted by Gasteiger charge is 2.07. The molecular formula is C14H11FO. The van der Waals surface area contributed by atoms with E-state index in [1.165, 1.54) is 6.07 Å². The van der Waals surface area contributed by atoms with Crippen molar-refractivity contribution in [2.75, 3.05) is 0 Å². The molecule has 0 bridgehead atoms. The molecule has 0 unspecified atom stereocenters. The summed E-state index contributed by atoms with van der Waals surface area (Å²) in [6, 6.07) is 12.5. The van der Waals surface area contributed by atoms with Crippen molar-refractivity contribution in [1.82, 2.24) is 0 Å². The maximum Gasteiger partial charge on any atom is 0.153 e. The van der Waals surface area contributed by atoms with E-state index in [-0.39, 0.29) is 5.56 Å². The van der Waals surface area contributed by atoms with E-state index in [2.05, 4.69) is 0 Å². The molecule has 80 valence electrons. The van der Waals surface area contributed by atoms with Gasteiger partial charge in [0.25, 0.3) is 0 Å². The fourth-order valence-electron chi connectivity index (χ4n) is 1.72. The van der Waals surface area contributed by atoms with Crippen molar-refractivity contribution in [3.8, 4) is 11.1 Å². The summed E-state index contributed by atoms with van der Waals surface area (Å²) >= 11 is 0. The van der Waals surface area contributed by atoms with Crippen molar-refractivity contribution in [3.05, 3.63) is 59.4 Å². The Labute approximate surface area is 93.5 Å². The highest BCUT2D eigenvalue weighted by molar-refractivity contribution is 5.79. The lowest BCUT2D eigenvalue weighted by Crippen LogP contribution is -1.92. The minimum Gasteiger partial charge on any atom is -0.298 e. The lowest BCUT2D eigenvalue weighted by molar-refractivity contribution is 0.112. The predicted octanol–water partition coefficient (Wildman–Crippen LogP) is 3.61. The zero-order valence-corrected chi connectivity index (χ0v) is 8.91. The zero-order valence-electron chi connectivity index (χ0n) is 8.91. The van der Waals surface area contributed by atoms with Gasteiger partial charge in [-0.1, -0.05) is 30.3 Å². The van der Waals surface area contributed by atoms with Crippen molar-refractivity contribution < 1.29 is 9.18 Å². The number of carbonyl (C=O) groups excluding carboxylic acids is 1. The molecule has 0 fully saturated rings. The summed E-state index contributed by atoms with van der Waals surface area (Å²) in [6.07, 6.45) is 0.539. The number of aldehydes is 1. The molecule has 2 aromatic carbocycles. The zero-order chi connectivity index (χ0) is 11.5. The number of hydrogen-bond donors (Lipinski definition) is 0. The SMILES string of the molecule is Cc1cc(C=O)c(F)cc1-c1ccccc1. The van der Waals surface area contributed by atoms with E-state index in [1.54, 1.807) is 6.07 Å². The number of carbonyl (C=O) groups is 1. The van der Waals surface area contributed by atoms with Crippen LogP contribution in [0.3, 0.4) is 0 Å². The predicted molar refractivity (Wildman–Crippen MR) is 62.0 cm³/mol. The Hall–Kier alpha value is -1.96. The van der Waals surface area contributed by atoms with E-state index >= 15 is 0 Å². The average Bonchev–Trinajstić information content (AvgIpc) is 2.32. The molecule has 1 nitrogen and oxygen atoms in total. The lowest BCUT2D eigenvalue weighted by Gasteiger charge is -2.07. The van der Waals surface area contributed by atoms with Crippen LogP contribution in [0.2, 0.25) is 0 Å². The Balaban J connectivity index is 2.59. The Morgan fingerprint density at radius 3 is 2.44 bits per heavy atom. The van der Waals surface area contributed by atoms with Crippen molar-refractivity contribution >= 4 is 6.29 Å². The molecule has 0 saturated heterocycles. The molecular weight excluding hydrogens is 203 g/mol. The van der Waals surface area contributed by atoms with Gasteiger partial charge in [0.1, 0.15) is 5.82 Å². The average molecular weight is 214 g/mol. The molecule has 0 saturated carbocycles. The first-order valence-electron chi connectivity index (χ1n) is 5.03. The number of aryl methyl sites for hydroxylation is 1. The van der Waals surface area contributed by atoms with Gasteiger partial charge in [0, 0.05) is 0 Å². The molecule has 2 heteroatoms. The van der Waals surface area contributed by atoms with Crippen molar-refractivity contribution in [1.29, 1.82) is 0 Å². The minimum absolute atomic E-state index is 0.109. The largest absolute Gasteiger partial charge is 0.298 e. The Kier molecular flexibility index (Phi) is 2.82. The van der Waals surface area contributed by atoms with Gasteiger partial charge in [0.2, 0.25) is 0 Å². The summed E-state index contributed by atoms with van der Waals surface area (Å²) in [5.41, 5.74) is 2.78. The molecule has 0 aliphatic carbocycles. The van der Waals surface area contributed by atoms with Crippen LogP contribution >= 0.6 is 0 Å². The van der Waals surface area contributed by atoms with Crippen LogP contribution in [0.5, 0.6) is 0 Å². The molecule has 16 heavy (non-hydrogen) atoms. The molecule has 0 N–H and O–H groups in total. The Morgan fingerprint density at radius 2 is 1.81 bits per heavy atom. The van der Waals surface area contributed by atoms with Crippen molar-refractivity contribution in [2.45, 2.75) is 6.92 Å². The second kappa shape index (κ2) is 4.27. The van der Waals surface area contributed by atoms with Gasteiger partial charge in [-0.25, -0.2) is 4.39 Å². The maximum absolute atomic E-state index is 13.5. The Morgan fingerprint density at radius 1 is 1.12 bits per heavy atom. The topological polar surface area (TPSA) is 17.1 Å². The third kappa shape index (κ3) is 1.87. The van der Waals surface area contributed by atoms with Crippen molar-refractivity contribution in [3.63, 3.8) is 0 Å². The second-order valence-electron chi connectivity index (χ2n) is 3.67. The molecule has 2 rings (SSSR count). The molecule has 0 amide bonds. The summed E-state index contributed by atoms with van der Waals surface area (Å²) < 4.78 is 13.5. The minimum atomic E-state index is -0.473. The summed E-state index contributed by atoms with van der Waals surface area (Å²) in [7, 11) is 0. The van der Waals surface area contributed by atoms with Gasteiger partial charge in [0.15, 0.2) is 6.29 Å². The first kappa shape index (κ1) is 10.6. The number of hydrogen-bond acceptors (Lipinski definition) is 1. The number of halogens is 1. The quantitative estimate of drug-likeness (QED) is 0.698. The summed E-state index contributed by atoms with van der Waals surface area (Å²) in [4.78, 5) is 10.6. The highest BCUT2D eigenvalue weighted by Crippen LogP contribution is 2.25. The van der Waals surface area contributed by atoms with E-state index in [9.17, 15) is 9.18 Å². The highest BCUT2D eigenvalue weighted by atomic mass is 19.1. The molecule has 0 radical (unpaired) electrons. The van der Waals surface area contributed by atoms with Gasteiger partial charge in [-0.3, -0.25) is 4.79 Å². The molecule has 0 aliphatic rings. The first-order valence-corrected chi connectivity index (χ1v) is 5.03. The van der Waals surface area contributed by atoms with E-state index in [4.69, 9.17) is 0 Å². The van der Waals surface area contributed by atoms with E-state index in [0.717, 1.165) is 16.7 Å². The molecule has 0 aliphatic heterocycles. The van der Waals surface area contributed by atoms with Gasteiger partial charge < -0.3 is 0 Å². The molecule has 2 aromatic rings. The van der Waals surface area contributed by atoms with Crippen LogP contribution in [-0.4, -0.2) is 6.29 Å². The lowest BCUT2D eigenvalue weighted by atomic mass is 9.98. The van der Waals surface area contributed by atoms with E-state index < -0.39 is 5.82 Å². The number of benzene rings is 2. The van der Waals surface area contributed by atoms with Gasteiger partial charge in [-0.15, -0.1) is 0 Å². The number of rotatable bonds is 2. The smallest absolute Gasteiger partial charge is 0.153 e. The third-order valence-corrected chi connectivity index (χ3v) is 2.56. The van der Waals surface area contributed by atoms with Crippen LogP contribution in [0.15, 0.2) is 42.5 Å². The summed E-state index contributed by atoms with van der Waals surface area (Å²) in [6.45, 7) is 1.87. The van der Waals surface area contributed by atoms with Crippen LogP contribution in [0.1, 0.15) is 15.9 Å². The normalized spacial score (nSPS) is 10.1. The molecule has 0 atom stereocenters. The summed E-state index contributed by atoms with van der Waals surface area (Å²) in [5.74, 6) is -0.473. The second-order valence-corrected chi connectivity index (χ2v) is 3.67. The van der Waals surface area contributed by atoms with Crippen LogP contribution in [0, 0.1) is 12.7 Å². The van der Waals surface area contributed by atoms with Crippen molar-refractivity contribution in [2.24, 2.45) is 0 Å². The van der Waals surface area contributed by atoms with E-state index in [0.29, 0.717) is 6.29 Å². The van der Waals surface area contributed by atoms with Crippen LogP contribution < -0.4 is 0 Å². The van der Waals surface area contributed by atoms with E-state index in [1.807, 2.05) is 37.3 Å². The Bertz CT molecular complexity index is 518. The first-order chi connectivity index (χ1) is 7.72. The fraction of sp³-hybridized carbons (Fsp3) is 0.0714. The summed E-state index contributed by atoms with van der Waals surface area (Å²) in [5, 5.41) is 0. The molecule has 0 heterocycles. The van der Waals surface area contributed by atoms with Crippen LogP contribution in [0.4, 0.5) is 4.39 Å². The fourth-order valence-corrected chi connectivity index (χ4v) is 1.72.